The number of imidazole rings is 1. The number of piperidine rings is 2. The zero-order valence-corrected chi connectivity index (χ0v) is 26.5. The molecule has 4 aromatic rings. The average Bonchev–Trinajstić information content (AvgIpc) is 3.68. The van der Waals surface area contributed by atoms with Crippen LogP contribution in [0.5, 0.6) is 5.75 Å². The third kappa shape index (κ3) is 6.89. The molecule has 6 rings (SSSR count). The van der Waals surface area contributed by atoms with Crippen molar-refractivity contribution >= 4 is 16.9 Å². The van der Waals surface area contributed by atoms with Gasteiger partial charge in [-0.1, -0.05) is 11.8 Å². The van der Waals surface area contributed by atoms with Crippen LogP contribution in [0.2, 0.25) is 0 Å². The van der Waals surface area contributed by atoms with Crippen LogP contribution in [0, 0.1) is 18.7 Å². The lowest BCUT2D eigenvalue weighted by molar-refractivity contribution is -0.127. The Morgan fingerprint density at radius 3 is 2.55 bits per heavy atom. The number of pyridine rings is 1. The first-order chi connectivity index (χ1) is 22.5. The first-order valence-electron chi connectivity index (χ1n) is 15.9. The maximum Gasteiger partial charge on any atom is 0.320 e. The van der Waals surface area contributed by atoms with Gasteiger partial charge in [0.25, 0.3) is 0 Å². The Bertz CT molecular complexity index is 1720. The van der Waals surface area contributed by atoms with Crippen molar-refractivity contribution in [1.82, 2.24) is 39.3 Å². The number of rotatable bonds is 10. The van der Waals surface area contributed by atoms with Crippen molar-refractivity contribution in [3.8, 4) is 17.0 Å². The van der Waals surface area contributed by atoms with Crippen LogP contribution in [0.1, 0.15) is 56.6 Å². The van der Waals surface area contributed by atoms with Gasteiger partial charge in [0, 0.05) is 38.3 Å². The topological polar surface area (TPSA) is 114 Å². The summed E-state index contributed by atoms with van der Waals surface area (Å²) in [6.07, 6.45) is 7.24. The molecule has 1 atom stereocenters. The van der Waals surface area contributed by atoms with Gasteiger partial charge in [0.15, 0.2) is 0 Å². The van der Waals surface area contributed by atoms with Crippen LogP contribution in [0.4, 0.5) is 13.2 Å². The summed E-state index contributed by atoms with van der Waals surface area (Å²) in [4.78, 5) is 24.4. The molecular weight excluding hydrogens is 613 g/mol. The maximum atomic E-state index is 13.9. The average molecular weight is 653 g/mol. The highest BCUT2D eigenvalue weighted by Gasteiger charge is 2.30. The van der Waals surface area contributed by atoms with Crippen LogP contribution < -0.4 is 4.74 Å². The standard InChI is InChI=1S/C33H39F3N8O3/c1-4-29(45)42-13-7-22(8-14-42)18-41-11-9-25(10-12-41)44-21(2)30(39-40-44)23-15-26-31(43(20-38-26)32(35)36)27(16-23)47-19-33(3,46)28-6-5-24(34)17-37-28/h4-6,15-17,20,22,25,32,46H,1,7-14,18-19H2,2-3H3. The molecule has 0 saturated carbocycles. The van der Waals surface area contributed by atoms with Gasteiger partial charge >= 0.3 is 6.55 Å². The highest BCUT2D eigenvalue weighted by Crippen LogP contribution is 2.36. The van der Waals surface area contributed by atoms with E-state index in [1.165, 1.54) is 25.1 Å². The fourth-order valence-electron chi connectivity index (χ4n) is 6.65. The van der Waals surface area contributed by atoms with Gasteiger partial charge in [0.1, 0.15) is 41.3 Å². The molecule has 47 heavy (non-hydrogen) atoms. The first kappa shape index (κ1) is 32.6. The second-order valence-corrected chi connectivity index (χ2v) is 12.7. The summed E-state index contributed by atoms with van der Waals surface area (Å²) >= 11 is 0. The van der Waals surface area contributed by atoms with Gasteiger partial charge in [-0.2, -0.15) is 8.78 Å². The molecule has 0 spiro atoms. The molecule has 1 N–H and O–H groups in total. The van der Waals surface area contributed by atoms with Crippen LogP contribution in [-0.2, 0) is 10.4 Å². The number of amides is 1. The summed E-state index contributed by atoms with van der Waals surface area (Å²) in [5.74, 6) is 0.103. The Balaban J connectivity index is 1.16. The molecule has 0 aliphatic carbocycles. The van der Waals surface area contributed by atoms with Crippen LogP contribution in [0.3, 0.4) is 0 Å². The number of hydrogen-bond acceptors (Lipinski definition) is 8. The smallest absolute Gasteiger partial charge is 0.320 e. The summed E-state index contributed by atoms with van der Waals surface area (Å²) in [5.41, 5.74) is 0.892. The fraction of sp³-hybridized carbons (Fsp3) is 0.485. The van der Waals surface area contributed by atoms with Crippen LogP contribution in [0.15, 0.2) is 49.4 Å². The quantitative estimate of drug-likeness (QED) is 0.241. The van der Waals surface area contributed by atoms with Crippen molar-refractivity contribution in [3.63, 3.8) is 0 Å². The van der Waals surface area contributed by atoms with E-state index in [2.05, 4.69) is 31.8 Å². The molecule has 5 heterocycles. The summed E-state index contributed by atoms with van der Waals surface area (Å²) in [6.45, 7) is 8.21. The number of fused-ring (bicyclic) bond motifs is 1. The number of carbonyl (C=O) groups excluding carboxylic acids is 1. The normalized spacial score (nSPS) is 18.1. The minimum atomic E-state index is -2.87. The monoisotopic (exact) mass is 652 g/mol. The number of nitrogens with zero attached hydrogens (tertiary/aromatic N) is 8. The van der Waals surface area contributed by atoms with E-state index in [4.69, 9.17) is 4.74 Å². The number of hydrogen-bond donors (Lipinski definition) is 1. The molecule has 3 aromatic heterocycles. The number of ether oxygens (including phenoxy) is 1. The van der Waals surface area contributed by atoms with Crippen molar-refractivity contribution in [3.05, 3.63) is 66.6 Å². The van der Waals surface area contributed by atoms with E-state index < -0.39 is 18.0 Å². The first-order valence-corrected chi connectivity index (χ1v) is 15.9. The predicted octanol–water partition coefficient (Wildman–Crippen LogP) is 4.88. The molecule has 2 aliphatic heterocycles. The van der Waals surface area contributed by atoms with Gasteiger partial charge < -0.3 is 19.6 Å². The summed E-state index contributed by atoms with van der Waals surface area (Å²) in [5, 5.41) is 20.0. The summed E-state index contributed by atoms with van der Waals surface area (Å²) < 4.78 is 49.9. The zero-order valence-electron chi connectivity index (χ0n) is 26.5. The molecule has 2 fully saturated rings. The minimum absolute atomic E-state index is 0.00546. The number of carbonyl (C=O) groups is 1. The molecule has 11 nitrogen and oxygen atoms in total. The Morgan fingerprint density at radius 1 is 1.15 bits per heavy atom. The van der Waals surface area contributed by atoms with Gasteiger partial charge in [-0.25, -0.2) is 14.1 Å². The number of halogens is 3. The lowest BCUT2D eigenvalue weighted by atomic mass is 9.94. The van der Waals surface area contributed by atoms with Crippen molar-refractivity contribution in [2.24, 2.45) is 5.92 Å². The van der Waals surface area contributed by atoms with Gasteiger partial charge in [-0.15, -0.1) is 5.10 Å². The highest BCUT2D eigenvalue weighted by molar-refractivity contribution is 5.88. The molecule has 2 aliphatic rings. The zero-order chi connectivity index (χ0) is 33.3. The van der Waals surface area contributed by atoms with Crippen molar-refractivity contribution in [2.45, 2.75) is 57.7 Å². The van der Waals surface area contributed by atoms with Crippen molar-refractivity contribution in [2.75, 3.05) is 39.3 Å². The van der Waals surface area contributed by atoms with Crippen LogP contribution in [0.25, 0.3) is 22.3 Å². The number of aromatic nitrogens is 6. The number of likely N-dealkylation sites (tertiary alicyclic amines) is 2. The van der Waals surface area contributed by atoms with Gasteiger partial charge in [-0.3, -0.25) is 14.3 Å². The molecule has 250 valence electrons. The molecular formula is C33H39F3N8O3. The third-order valence-corrected chi connectivity index (χ3v) is 9.35. The highest BCUT2D eigenvalue weighted by atomic mass is 19.3. The Labute approximate surface area is 270 Å². The lowest BCUT2D eigenvalue weighted by Gasteiger charge is -2.37. The summed E-state index contributed by atoms with van der Waals surface area (Å²) in [7, 11) is 0. The Hall–Kier alpha value is -4.30. The molecule has 1 aromatic carbocycles. The lowest BCUT2D eigenvalue weighted by Crippen LogP contribution is -2.43. The molecule has 0 radical (unpaired) electrons. The minimum Gasteiger partial charge on any atom is -0.488 e. The maximum absolute atomic E-state index is 13.9. The molecule has 2 saturated heterocycles. The van der Waals surface area contributed by atoms with Gasteiger partial charge in [0.05, 0.1) is 29.1 Å². The number of aliphatic hydroxyl groups is 1. The Morgan fingerprint density at radius 2 is 1.89 bits per heavy atom. The second kappa shape index (κ2) is 13.4. The van der Waals surface area contributed by atoms with E-state index in [0.717, 1.165) is 76.6 Å². The molecule has 1 amide bonds. The molecule has 0 bridgehead atoms. The Kier molecular flexibility index (Phi) is 9.33. The van der Waals surface area contributed by atoms with Gasteiger partial charge in [0.2, 0.25) is 5.91 Å². The summed E-state index contributed by atoms with van der Waals surface area (Å²) in [6, 6.07) is 5.97. The SMILES string of the molecule is C=CC(=O)N1CCC(CN2CCC(n3nnc(-c4cc(OCC(C)(O)c5ccc(F)cn5)c5c(c4)ncn5C(F)F)c3C)CC2)CC1. The number of alkyl halides is 2. The van der Waals surface area contributed by atoms with E-state index in [1.54, 1.807) is 12.1 Å². The van der Waals surface area contributed by atoms with Crippen LogP contribution in [-0.4, -0.2) is 89.7 Å². The van der Waals surface area contributed by atoms with Crippen molar-refractivity contribution in [1.29, 1.82) is 0 Å². The fourth-order valence-corrected chi connectivity index (χ4v) is 6.65. The molecule has 14 heteroatoms. The van der Waals surface area contributed by atoms with E-state index in [0.29, 0.717) is 21.7 Å². The van der Waals surface area contributed by atoms with E-state index >= 15 is 0 Å². The predicted molar refractivity (Wildman–Crippen MR) is 168 cm³/mol. The number of benzene rings is 1. The van der Waals surface area contributed by atoms with E-state index in [-0.39, 0.29) is 41.0 Å². The van der Waals surface area contributed by atoms with E-state index in [9.17, 15) is 23.1 Å². The molecule has 1 unspecified atom stereocenters. The van der Waals surface area contributed by atoms with Crippen LogP contribution >= 0.6 is 0 Å². The third-order valence-electron chi connectivity index (χ3n) is 9.35. The van der Waals surface area contributed by atoms with Gasteiger partial charge in [-0.05, 0) is 75.8 Å². The van der Waals surface area contributed by atoms with Crippen molar-refractivity contribution < 1.29 is 27.8 Å². The van der Waals surface area contributed by atoms with E-state index in [1.807, 2.05) is 16.5 Å². The second-order valence-electron chi connectivity index (χ2n) is 12.7. The largest absolute Gasteiger partial charge is 0.488 e.